The summed E-state index contributed by atoms with van der Waals surface area (Å²) in [5.74, 6) is 1.42. The van der Waals surface area contributed by atoms with E-state index in [0.29, 0.717) is 17.9 Å². The summed E-state index contributed by atoms with van der Waals surface area (Å²) in [7, 11) is 3.18. The van der Waals surface area contributed by atoms with Crippen molar-refractivity contribution in [2.75, 3.05) is 20.8 Å². The lowest BCUT2D eigenvalue weighted by Gasteiger charge is -2.23. The van der Waals surface area contributed by atoms with E-state index in [-0.39, 0.29) is 18.0 Å². The lowest BCUT2D eigenvalue weighted by atomic mass is 10.1. The maximum Gasteiger partial charge on any atom is 0.227 e. The molecular weight excluding hydrogens is 256 g/mol. The van der Waals surface area contributed by atoms with Gasteiger partial charge in [0, 0.05) is 18.6 Å². The van der Waals surface area contributed by atoms with Crippen molar-refractivity contribution in [1.82, 2.24) is 4.90 Å². The summed E-state index contributed by atoms with van der Waals surface area (Å²) in [5, 5.41) is 0. The van der Waals surface area contributed by atoms with Gasteiger partial charge in [0.25, 0.3) is 0 Å². The first-order valence-corrected chi connectivity index (χ1v) is 6.82. The molecule has 1 aliphatic heterocycles. The molecule has 0 radical (unpaired) electrons. The SMILES string of the molecule is COc1ccc(CC(=O)N2CCC(N)C2C)cc1OC. The Labute approximate surface area is 119 Å². The average Bonchev–Trinajstić information content (AvgIpc) is 2.79. The highest BCUT2D eigenvalue weighted by molar-refractivity contribution is 5.79. The highest BCUT2D eigenvalue weighted by atomic mass is 16.5. The van der Waals surface area contributed by atoms with Gasteiger partial charge in [0.2, 0.25) is 5.91 Å². The van der Waals surface area contributed by atoms with Crippen LogP contribution in [0.5, 0.6) is 11.5 Å². The van der Waals surface area contributed by atoms with Crippen LogP contribution in [0.25, 0.3) is 0 Å². The molecule has 0 aromatic heterocycles. The predicted octanol–water partition coefficient (Wildman–Crippen LogP) is 1.19. The number of benzene rings is 1. The molecule has 1 aromatic rings. The molecule has 1 fully saturated rings. The van der Waals surface area contributed by atoms with E-state index in [9.17, 15) is 4.79 Å². The Kier molecular flexibility index (Phi) is 4.49. The predicted molar refractivity (Wildman–Crippen MR) is 77.0 cm³/mol. The van der Waals surface area contributed by atoms with Gasteiger partial charge in [-0.3, -0.25) is 4.79 Å². The van der Waals surface area contributed by atoms with Crippen molar-refractivity contribution in [3.8, 4) is 11.5 Å². The van der Waals surface area contributed by atoms with E-state index in [0.717, 1.165) is 18.5 Å². The van der Waals surface area contributed by atoms with E-state index in [2.05, 4.69) is 0 Å². The molecule has 1 aliphatic rings. The van der Waals surface area contributed by atoms with Crippen LogP contribution in [0.3, 0.4) is 0 Å². The second-order valence-electron chi connectivity index (χ2n) is 5.15. The van der Waals surface area contributed by atoms with Crippen LogP contribution in [-0.4, -0.2) is 43.7 Å². The second kappa shape index (κ2) is 6.13. The molecule has 0 aliphatic carbocycles. The standard InChI is InChI=1S/C15H22N2O3/c1-10-12(16)6-7-17(10)15(18)9-11-4-5-13(19-2)14(8-11)20-3/h4-5,8,10,12H,6-7,9,16H2,1-3H3. The number of amides is 1. The summed E-state index contributed by atoms with van der Waals surface area (Å²) in [5.41, 5.74) is 6.87. The Hall–Kier alpha value is -1.75. The van der Waals surface area contributed by atoms with Gasteiger partial charge in [-0.15, -0.1) is 0 Å². The second-order valence-corrected chi connectivity index (χ2v) is 5.15. The molecule has 1 saturated heterocycles. The summed E-state index contributed by atoms with van der Waals surface area (Å²) in [4.78, 5) is 14.2. The zero-order chi connectivity index (χ0) is 14.7. The first kappa shape index (κ1) is 14.7. The fourth-order valence-electron chi connectivity index (χ4n) is 2.58. The number of nitrogens with two attached hydrogens (primary N) is 1. The molecule has 0 saturated carbocycles. The lowest BCUT2D eigenvalue weighted by Crippen LogP contribution is -2.41. The van der Waals surface area contributed by atoms with Gasteiger partial charge < -0.3 is 20.1 Å². The van der Waals surface area contributed by atoms with Crippen LogP contribution in [0.4, 0.5) is 0 Å². The average molecular weight is 278 g/mol. The van der Waals surface area contributed by atoms with E-state index < -0.39 is 0 Å². The van der Waals surface area contributed by atoms with Crippen molar-refractivity contribution < 1.29 is 14.3 Å². The van der Waals surface area contributed by atoms with Gasteiger partial charge in [0.15, 0.2) is 11.5 Å². The summed E-state index contributed by atoms with van der Waals surface area (Å²) in [6, 6.07) is 5.75. The van der Waals surface area contributed by atoms with Gasteiger partial charge in [0.1, 0.15) is 0 Å². The molecule has 2 atom stereocenters. The van der Waals surface area contributed by atoms with Crippen LogP contribution in [0, 0.1) is 0 Å². The lowest BCUT2D eigenvalue weighted by molar-refractivity contribution is -0.131. The molecular formula is C15H22N2O3. The molecule has 0 spiro atoms. The van der Waals surface area contributed by atoms with Crippen molar-refractivity contribution >= 4 is 5.91 Å². The highest BCUT2D eigenvalue weighted by Crippen LogP contribution is 2.28. The molecule has 5 nitrogen and oxygen atoms in total. The van der Waals surface area contributed by atoms with Crippen LogP contribution in [0.2, 0.25) is 0 Å². The van der Waals surface area contributed by atoms with Crippen LogP contribution < -0.4 is 15.2 Å². The molecule has 2 N–H and O–H groups in total. The van der Waals surface area contributed by atoms with Crippen molar-refractivity contribution in [1.29, 1.82) is 0 Å². The number of nitrogens with zero attached hydrogens (tertiary/aromatic N) is 1. The van der Waals surface area contributed by atoms with Crippen LogP contribution in [-0.2, 0) is 11.2 Å². The zero-order valence-corrected chi connectivity index (χ0v) is 12.3. The molecule has 20 heavy (non-hydrogen) atoms. The Morgan fingerprint density at radius 3 is 2.60 bits per heavy atom. The third-order valence-corrected chi connectivity index (χ3v) is 3.94. The molecule has 1 aromatic carbocycles. The molecule has 0 bridgehead atoms. The van der Waals surface area contributed by atoms with Crippen molar-refractivity contribution in [2.45, 2.75) is 31.8 Å². The minimum Gasteiger partial charge on any atom is -0.493 e. The van der Waals surface area contributed by atoms with Gasteiger partial charge in [-0.1, -0.05) is 6.07 Å². The Morgan fingerprint density at radius 1 is 1.35 bits per heavy atom. The zero-order valence-electron chi connectivity index (χ0n) is 12.3. The van der Waals surface area contributed by atoms with Gasteiger partial charge in [-0.05, 0) is 31.0 Å². The molecule has 2 unspecified atom stereocenters. The van der Waals surface area contributed by atoms with Gasteiger partial charge in [-0.25, -0.2) is 0 Å². The first-order valence-electron chi connectivity index (χ1n) is 6.82. The number of carbonyl (C=O) groups is 1. The normalized spacial score (nSPS) is 21.9. The topological polar surface area (TPSA) is 64.8 Å². The van der Waals surface area contributed by atoms with Crippen molar-refractivity contribution in [3.05, 3.63) is 23.8 Å². The summed E-state index contributed by atoms with van der Waals surface area (Å²) < 4.78 is 10.4. The molecule has 1 heterocycles. The third-order valence-electron chi connectivity index (χ3n) is 3.94. The Balaban J connectivity index is 2.08. The largest absolute Gasteiger partial charge is 0.493 e. The summed E-state index contributed by atoms with van der Waals surface area (Å²) in [6.07, 6.45) is 1.23. The number of hydrogen-bond donors (Lipinski definition) is 1. The fourth-order valence-corrected chi connectivity index (χ4v) is 2.58. The van der Waals surface area contributed by atoms with E-state index >= 15 is 0 Å². The number of methoxy groups -OCH3 is 2. The molecule has 1 amide bonds. The van der Waals surface area contributed by atoms with E-state index in [1.54, 1.807) is 14.2 Å². The summed E-state index contributed by atoms with van der Waals surface area (Å²) in [6.45, 7) is 2.75. The monoisotopic (exact) mass is 278 g/mol. The first-order chi connectivity index (χ1) is 9.56. The van der Waals surface area contributed by atoms with Crippen LogP contribution >= 0.6 is 0 Å². The molecule has 2 rings (SSSR count). The molecule has 110 valence electrons. The Bertz CT molecular complexity index is 490. The van der Waals surface area contributed by atoms with Crippen LogP contribution in [0.1, 0.15) is 18.9 Å². The quantitative estimate of drug-likeness (QED) is 0.898. The van der Waals surface area contributed by atoms with Gasteiger partial charge in [-0.2, -0.15) is 0 Å². The van der Waals surface area contributed by atoms with E-state index in [1.165, 1.54) is 0 Å². The van der Waals surface area contributed by atoms with Crippen molar-refractivity contribution in [2.24, 2.45) is 5.73 Å². The van der Waals surface area contributed by atoms with E-state index in [1.807, 2.05) is 30.0 Å². The maximum atomic E-state index is 12.3. The fraction of sp³-hybridized carbons (Fsp3) is 0.533. The number of ether oxygens (including phenoxy) is 2. The van der Waals surface area contributed by atoms with Crippen LogP contribution in [0.15, 0.2) is 18.2 Å². The number of likely N-dealkylation sites (tertiary alicyclic amines) is 1. The maximum absolute atomic E-state index is 12.3. The van der Waals surface area contributed by atoms with E-state index in [4.69, 9.17) is 15.2 Å². The Morgan fingerprint density at radius 2 is 2.05 bits per heavy atom. The highest BCUT2D eigenvalue weighted by Gasteiger charge is 2.31. The minimum absolute atomic E-state index is 0.0874. The van der Waals surface area contributed by atoms with Crippen molar-refractivity contribution in [3.63, 3.8) is 0 Å². The summed E-state index contributed by atoms with van der Waals surface area (Å²) >= 11 is 0. The third kappa shape index (κ3) is 2.88. The smallest absolute Gasteiger partial charge is 0.227 e. The number of carbonyl (C=O) groups excluding carboxylic acids is 1. The van der Waals surface area contributed by atoms with Gasteiger partial charge >= 0.3 is 0 Å². The molecule has 5 heteroatoms. The van der Waals surface area contributed by atoms with Gasteiger partial charge in [0.05, 0.1) is 20.6 Å². The minimum atomic E-state index is 0.0874. The number of hydrogen-bond acceptors (Lipinski definition) is 4. The number of rotatable bonds is 4.